The average Bonchev–Trinajstić information content (AvgIpc) is 2.59. The Morgan fingerprint density at radius 1 is 0.840 bits per heavy atom. The van der Waals surface area contributed by atoms with Gasteiger partial charge in [0.05, 0.1) is 0 Å². The maximum atomic E-state index is 12.1. The predicted molar refractivity (Wildman–Crippen MR) is 105 cm³/mol. The van der Waals surface area contributed by atoms with E-state index in [1.54, 1.807) is 0 Å². The second-order valence-electron chi connectivity index (χ2n) is 6.88. The van der Waals surface area contributed by atoms with Gasteiger partial charge >= 0.3 is 0 Å². The van der Waals surface area contributed by atoms with Crippen LogP contribution in [0.5, 0.6) is 0 Å². The standard InChI is InChI=1S/C20H41N3O2/c1-3-5-6-7-8-9-10-11-12-16-19(24)23-18(15-13-14-17-21)20(25)22-4-2/h18H,3-17,21H2,1-2H3,(H,22,25)(H,23,24). The number of hydrogen-bond donors (Lipinski definition) is 3. The third-order valence-corrected chi connectivity index (χ3v) is 4.46. The molecular formula is C20H41N3O2. The van der Waals surface area contributed by atoms with Gasteiger partial charge in [0.1, 0.15) is 6.04 Å². The Balaban J connectivity index is 3.84. The summed E-state index contributed by atoms with van der Waals surface area (Å²) in [4.78, 5) is 24.1. The van der Waals surface area contributed by atoms with Crippen LogP contribution in [-0.2, 0) is 9.59 Å². The van der Waals surface area contributed by atoms with E-state index >= 15 is 0 Å². The molecule has 1 atom stereocenters. The lowest BCUT2D eigenvalue weighted by Crippen LogP contribution is -2.46. The monoisotopic (exact) mass is 355 g/mol. The van der Waals surface area contributed by atoms with Crippen LogP contribution >= 0.6 is 0 Å². The lowest BCUT2D eigenvalue weighted by molar-refractivity contribution is -0.129. The third-order valence-electron chi connectivity index (χ3n) is 4.46. The summed E-state index contributed by atoms with van der Waals surface area (Å²) in [6.45, 7) is 5.33. The third kappa shape index (κ3) is 14.9. The molecule has 0 saturated heterocycles. The SMILES string of the molecule is CCCCCCCCCCCC(=O)NC(CCCCN)C(=O)NCC. The molecule has 0 fully saturated rings. The van der Waals surface area contributed by atoms with E-state index in [2.05, 4.69) is 17.6 Å². The topological polar surface area (TPSA) is 84.2 Å². The van der Waals surface area contributed by atoms with E-state index in [4.69, 9.17) is 5.73 Å². The van der Waals surface area contributed by atoms with Gasteiger partial charge in [-0.2, -0.15) is 0 Å². The highest BCUT2D eigenvalue weighted by atomic mass is 16.2. The van der Waals surface area contributed by atoms with Gasteiger partial charge in [-0.25, -0.2) is 0 Å². The Morgan fingerprint density at radius 3 is 2.00 bits per heavy atom. The molecule has 0 heterocycles. The van der Waals surface area contributed by atoms with Crippen LogP contribution in [0.4, 0.5) is 0 Å². The first-order valence-corrected chi connectivity index (χ1v) is 10.4. The molecule has 4 N–H and O–H groups in total. The van der Waals surface area contributed by atoms with E-state index < -0.39 is 6.04 Å². The molecule has 0 aliphatic carbocycles. The zero-order chi connectivity index (χ0) is 18.8. The van der Waals surface area contributed by atoms with Gasteiger partial charge in [0.15, 0.2) is 0 Å². The Morgan fingerprint density at radius 2 is 1.44 bits per heavy atom. The summed E-state index contributed by atoms with van der Waals surface area (Å²) >= 11 is 0. The van der Waals surface area contributed by atoms with Crippen LogP contribution in [-0.4, -0.2) is 30.9 Å². The zero-order valence-corrected chi connectivity index (χ0v) is 16.6. The Kier molecular flexibility index (Phi) is 16.9. The van der Waals surface area contributed by atoms with Crippen molar-refractivity contribution in [2.45, 2.75) is 103 Å². The number of carbonyl (C=O) groups excluding carboxylic acids is 2. The Bertz CT molecular complexity index is 335. The zero-order valence-electron chi connectivity index (χ0n) is 16.6. The van der Waals surface area contributed by atoms with E-state index in [1.807, 2.05) is 6.92 Å². The van der Waals surface area contributed by atoms with Crippen molar-refractivity contribution < 1.29 is 9.59 Å². The molecule has 5 heteroatoms. The summed E-state index contributed by atoms with van der Waals surface area (Å²) in [5.74, 6) is -0.0908. The normalized spacial score (nSPS) is 12.0. The molecule has 1 unspecified atom stereocenters. The molecule has 2 amide bonds. The highest BCUT2D eigenvalue weighted by molar-refractivity contribution is 5.87. The van der Waals surface area contributed by atoms with Gasteiger partial charge in [0.25, 0.3) is 0 Å². The van der Waals surface area contributed by atoms with Gasteiger partial charge in [-0.1, -0.05) is 58.3 Å². The summed E-state index contributed by atoms with van der Waals surface area (Å²) < 4.78 is 0. The number of nitrogens with one attached hydrogen (secondary N) is 2. The molecule has 0 aliphatic heterocycles. The first-order valence-electron chi connectivity index (χ1n) is 10.4. The Labute approximate surface area is 154 Å². The molecule has 25 heavy (non-hydrogen) atoms. The molecule has 0 radical (unpaired) electrons. The number of amides is 2. The van der Waals surface area contributed by atoms with Gasteiger partial charge in [-0.15, -0.1) is 0 Å². The largest absolute Gasteiger partial charge is 0.355 e. The molecule has 148 valence electrons. The quantitative estimate of drug-likeness (QED) is 0.348. The lowest BCUT2D eigenvalue weighted by atomic mass is 10.1. The maximum absolute atomic E-state index is 12.1. The molecule has 0 spiro atoms. The molecule has 0 aromatic carbocycles. The van der Waals surface area contributed by atoms with Crippen molar-refractivity contribution in [1.29, 1.82) is 0 Å². The predicted octanol–water partition coefficient (Wildman–Crippen LogP) is 3.66. The van der Waals surface area contributed by atoms with Gasteiger partial charge in [-0.3, -0.25) is 9.59 Å². The van der Waals surface area contributed by atoms with Crippen LogP contribution in [0.25, 0.3) is 0 Å². The van der Waals surface area contributed by atoms with Crippen molar-refractivity contribution in [2.24, 2.45) is 5.73 Å². The smallest absolute Gasteiger partial charge is 0.242 e. The molecule has 0 bridgehead atoms. The van der Waals surface area contributed by atoms with Crippen molar-refractivity contribution in [2.75, 3.05) is 13.1 Å². The van der Waals surface area contributed by atoms with Gasteiger partial charge in [0, 0.05) is 13.0 Å². The number of carbonyl (C=O) groups is 2. The van der Waals surface area contributed by atoms with Gasteiger partial charge in [0.2, 0.25) is 11.8 Å². The summed E-state index contributed by atoms with van der Waals surface area (Å²) in [5.41, 5.74) is 5.50. The van der Waals surface area contributed by atoms with E-state index in [0.29, 0.717) is 25.9 Å². The fraction of sp³-hybridized carbons (Fsp3) is 0.900. The average molecular weight is 356 g/mol. The van der Waals surface area contributed by atoms with Crippen LogP contribution < -0.4 is 16.4 Å². The highest BCUT2D eigenvalue weighted by Gasteiger charge is 2.19. The van der Waals surface area contributed by atoms with Crippen LogP contribution in [0.3, 0.4) is 0 Å². The fourth-order valence-electron chi connectivity index (χ4n) is 2.92. The van der Waals surface area contributed by atoms with Crippen LogP contribution in [0, 0.1) is 0 Å². The first-order chi connectivity index (χ1) is 12.2. The molecule has 5 nitrogen and oxygen atoms in total. The number of rotatable bonds is 17. The Hall–Kier alpha value is -1.10. The maximum Gasteiger partial charge on any atom is 0.242 e. The number of likely N-dealkylation sites (N-methyl/N-ethyl adjacent to an activating group) is 1. The second kappa shape index (κ2) is 17.7. The minimum Gasteiger partial charge on any atom is -0.355 e. The van der Waals surface area contributed by atoms with Crippen LogP contribution in [0.15, 0.2) is 0 Å². The highest BCUT2D eigenvalue weighted by Crippen LogP contribution is 2.10. The van der Waals surface area contributed by atoms with Gasteiger partial charge < -0.3 is 16.4 Å². The molecule has 0 rings (SSSR count). The number of hydrogen-bond acceptors (Lipinski definition) is 3. The minimum atomic E-state index is -0.419. The minimum absolute atomic E-state index is 0.00746. The summed E-state index contributed by atoms with van der Waals surface area (Å²) in [5, 5.41) is 5.69. The molecule has 0 saturated carbocycles. The number of unbranched alkanes of at least 4 members (excludes halogenated alkanes) is 9. The molecule has 0 aromatic rings. The van der Waals surface area contributed by atoms with E-state index in [0.717, 1.165) is 25.7 Å². The lowest BCUT2D eigenvalue weighted by Gasteiger charge is -2.18. The van der Waals surface area contributed by atoms with E-state index in [1.165, 1.54) is 44.9 Å². The van der Waals surface area contributed by atoms with Crippen molar-refractivity contribution in [3.05, 3.63) is 0 Å². The first kappa shape index (κ1) is 23.9. The molecule has 0 aromatic heterocycles. The second-order valence-corrected chi connectivity index (χ2v) is 6.88. The fourth-order valence-corrected chi connectivity index (χ4v) is 2.92. The van der Waals surface area contributed by atoms with Crippen molar-refractivity contribution in [3.8, 4) is 0 Å². The summed E-state index contributed by atoms with van der Waals surface area (Å²) in [6.07, 6.45) is 14.0. The van der Waals surface area contributed by atoms with Crippen molar-refractivity contribution in [3.63, 3.8) is 0 Å². The summed E-state index contributed by atoms with van der Waals surface area (Å²) in [6, 6.07) is -0.419. The van der Waals surface area contributed by atoms with Crippen molar-refractivity contribution in [1.82, 2.24) is 10.6 Å². The van der Waals surface area contributed by atoms with E-state index in [-0.39, 0.29) is 11.8 Å². The van der Waals surface area contributed by atoms with Crippen LogP contribution in [0.1, 0.15) is 97.3 Å². The number of nitrogens with two attached hydrogens (primary N) is 1. The van der Waals surface area contributed by atoms with E-state index in [9.17, 15) is 9.59 Å². The molecular weight excluding hydrogens is 314 g/mol. The van der Waals surface area contributed by atoms with Crippen LogP contribution in [0.2, 0.25) is 0 Å². The van der Waals surface area contributed by atoms with Crippen molar-refractivity contribution >= 4 is 11.8 Å². The summed E-state index contributed by atoms with van der Waals surface area (Å²) in [7, 11) is 0. The van der Waals surface area contributed by atoms with Gasteiger partial charge in [-0.05, 0) is 39.2 Å². The molecule has 0 aliphatic rings.